The minimum absolute atomic E-state index is 0.0742. The number of halogens is 1. The lowest BCUT2D eigenvalue weighted by molar-refractivity contribution is 0.218. The van der Waals surface area contributed by atoms with Crippen LogP contribution in [0, 0.1) is 0 Å². The molecule has 0 saturated heterocycles. The van der Waals surface area contributed by atoms with Gasteiger partial charge in [0.15, 0.2) is 0 Å². The van der Waals surface area contributed by atoms with Crippen molar-refractivity contribution in [3.8, 4) is 0 Å². The van der Waals surface area contributed by atoms with Gasteiger partial charge in [0.2, 0.25) is 0 Å². The van der Waals surface area contributed by atoms with Gasteiger partial charge in [-0.15, -0.1) is 0 Å². The number of rotatable bonds is 0. The van der Waals surface area contributed by atoms with Crippen LogP contribution < -0.4 is 5.32 Å². The van der Waals surface area contributed by atoms with E-state index < -0.39 is 0 Å². The molecule has 4 heteroatoms. The Bertz CT molecular complexity index is 365. The molecule has 1 heterocycles. The summed E-state index contributed by atoms with van der Waals surface area (Å²) in [6.07, 6.45) is 0. The largest absolute Gasteiger partial charge is 0.323 e. The monoisotopic (exact) mass is 196 g/mol. The van der Waals surface area contributed by atoms with Gasteiger partial charge in [-0.1, -0.05) is 11.6 Å². The molecule has 0 spiro atoms. The lowest BCUT2D eigenvalue weighted by Crippen LogP contribution is -2.35. The number of carbonyl (C=O) groups is 1. The van der Waals surface area contributed by atoms with Crippen LogP contribution in [0.5, 0.6) is 0 Å². The fourth-order valence-corrected chi connectivity index (χ4v) is 1.55. The molecule has 1 N–H and O–H groups in total. The Hall–Kier alpha value is -1.22. The van der Waals surface area contributed by atoms with Gasteiger partial charge in [-0.05, 0) is 23.8 Å². The zero-order valence-electron chi connectivity index (χ0n) is 7.17. The summed E-state index contributed by atoms with van der Waals surface area (Å²) in [4.78, 5) is 12.8. The highest BCUT2D eigenvalue weighted by Crippen LogP contribution is 2.25. The maximum Gasteiger partial charge on any atom is 0.321 e. The first-order chi connectivity index (χ1) is 6.16. The highest BCUT2D eigenvalue weighted by molar-refractivity contribution is 6.30. The third-order valence-electron chi connectivity index (χ3n) is 2.06. The van der Waals surface area contributed by atoms with Crippen LogP contribution in [0.1, 0.15) is 5.56 Å². The van der Waals surface area contributed by atoms with Gasteiger partial charge in [0.05, 0.1) is 0 Å². The molecule has 13 heavy (non-hydrogen) atoms. The molecule has 0 unspecified atom stereocenters. The molecule has 0 saturated carbocycles. The molecule has 0 aliphatic carbocycles. The predicted octanol–water partition coefficient (Wildman–Crippen LogP) is 2.32. The summed E-state index contributed by atoms with van der Waals surface area (Å²) in [5.41, 5.74) is 1.90. The third-order valence-corrected chi connectivity index (χ3v) is 2.30. The second kappa shape index (κ2) is 2.92. The molecule has 1 aliphatic heterocycles. The van der Waals surface area contributed by atoms with Crippen LogP contribution >= 0.6 is 11.6 Å². The highest BCUT2D eigenvalue weighted by atomic mass is 35.5. The molecule has 3 nitrogen and oxygen atoms in total. The van der Waals surface area contributed by atoms with E-state index in [4.69, 9.17) is 11.6 Å². The summed E-state index contributed by atoms with van der Waals surface area (Å²) in [5, 5.41) is 3.46. The van der Waals surface area contributed by atoms with E-state index in [0.717, 1.165) is 11.3 Å². The van der Waals surface area contributed by atoms with Gasteiger partial charge in [0.1, 0.15) is 0 Å². The van der Waals surface area contributed by atoms with Crippen molar-refractivity contribution in [1.29, 1.82) is 0 Å². The summed E-state index contributed by atoms with van der Waals surface area (Å²) in [6, 6.07) is 5.39. The zero-order chi connectivity index (χ0) is 9.42. The van der Waals surface area contributed by atoms with Gasteiger partial charge in [0, 0.05) is 24.3 Å². The van der Waals surface area contributed by atoms with Crippen LogP contribution in [0.15, 0.2) is 18.2 Å². The van der Waals surface area contributed by atoms with Gasteiger partial charge in [-0.2, -0.15) is 0 Å². The molecule has 1 aliphatic rings. The molecule has 0 atom stereocenters. The molecule has 0 radical (unpaired) electrons. The summed E-state index contributed by atoms with van der Waals surface area (Å²) in [5.74, 6) is 0. The number of anilines is 1. The SMILES string of the molecule is CN1Cc2cc(Cl)ccc2NC1=O. The fourth-order valence-electron chi connectivity index (χ4n) is 1.35. The molecule has 0 aromatic heterocycles. The Morgan fingerprint density at radius 1 is 1.54 bits per heavy atom. The number of nitrogens with zero attached hydrogens (tertiary/aromatic N) is 1. The maximum atomic E-state index is 11.2. The van der Waals surface area contributed by atoms with E-state index >= 15 is 0 Å². The lowest BCUT2D eigenvalue weighted by atomic mass is 10.1. The average Bonchev–Trinajstić information content (AvgIpc) is 2.08. The maximum absolute atomic E-state index is 11.2. The van der Waals surface area contributed by atoms with E-state index in [2.05, 4.69) is 5.32 Å². The number of fused-ring (bicyclic) bond motifs is 1. The van der Waals surface area contributed by atoms with Gasteiger partial charge < -0.3 is 10.2 Å². The van der Waals surface area contributed by atoms with Crippen molar-refractivity contribution in [1.82, 2.24) is 4.90 Å². The molecular formula is C9H9ClN2O. The Morgan fingerprint density at radius 2 is 2.31 bits per heavy atom. The molecule has 68 valence electrons. The standard InChI is InChI=1S/C9H9ClN2O/c1-12-5-6-4-7(10)2-3-8(6)11-9(12)13/h2-4H,5H2,1H3,(H,11,13). The van der Waals surface area contributed by atoms with Gasteiger partial charge in [-0.3, -0.25) is 0 Å². The first-order valence-corrected chi connectivity index (χ1v) is 4.35. The second-order valence-corrected chi connectivity index (χ2v) is 3.52. The Morgan fingerprint density at radius 3 is 3.08 bits per heavy atom. The van der Waals surface area contributed by atoms with Crippen molar-refractivity contribution < 1.29 is 4.79 Å². The number of amides is 2. The van der Waals surface area contributed by atoms with E-state index in [1.54, 1.807) is 18.0 Å². The average molecular weight is 197 g/mol. The van der Waals surface area contributed by atoms with Crippen molar-refractivity contribution in [2.45, 2.75) is 6.54 Å². The predicted molar refractivity (Wildman–Crippen MR) is 51.9 cm³/mol. The lowest BCUT2D eigenvalue weighted by Gasteiger charge is -2.25. The van der Waals surface area contributed by atoms with Crippen molar-refractivity contribution in [2.75, 3.05) is 12.4 Å². The van der Waals surface area contributed by atoms with Gasteiger partial charge in [-0.25, -0.2) is 4.79 Å². The van der Waals surface area contributed by atoms with E-state index in [9.17, 15) is 4.79 Å². The van der Waals surface area contributed by atoms with Gasteiger partial charge in [0.25, 0.3) is 0 Å². The number of carbonyl (C=O) groups excluding carboxylic acids is 1. The number of hydrogen-bond donors (Lipinski definition) is 1. The van der Waals surface area contributed by atoms with Crippen LogP contribution in [0.4, 0.5) is 10.5 Å². The first-order valence-electron chi connectivity index (χ1n) is 3.97. The minimum atomic E-state index is -0.0742. The summed E-state index contributed by atoms with van der Waals surface area (Å²) < 4.78 is 0. The quantitative estimate of drug-likeness (QED) is 0.679. The van der Waals surface area contributed by atoms with Crippen LogP contribution in [0.25, 0.3) is 0 Å². The fraction of sp³-hybridized carbons (Fsp3) is 0.222. The third kappa shape index (κ3) is 1.47. The van der Waals surface area contributed by atoms with Crippen LogP contribution in [-0.4, -0.2) is 18.0 Å². The molecule has 2 rings (SSSR count). The minimum Gasteiger partial charge on any atom is -0.323 e. The Labute approximate surface area is 81.3 Å². The molecule has 1 aromatic carbocycles. The first kappa shape index (κ1) is 8.38. The number of benzene rings is 1. The van der Waals surface area contributed by atoms with E-state index in [0.29, 0.717) is 11.6 Å². The summed E-state index contributed by atoms with van der Waals surface area (Å²) in [6.45, 7) is 0.613. The van der Waals surface area contributed by atoms with Crippen molar-refractivity contribution in [3.63, 3.8) is 0 Å². The zero-order valence-corrected chi connectivity index (χ0v) is 7.93. The smallest absolute Gasteiger partial charge is 0.321 e. The van der Waals surface area contributed by atoms with E-state index in [-0.39, 0.29) is 6.03 Å². The highest BCUT2D eigenvalue weighted by Gasteiger charge is 2.18. The molecule has 0 fully saturated rings. The number of nitrogens with one attached hydrogen (secondary N) is 1. The van der Waals surface area contributed by atoms with Crippen LogP contribution in [0.2, 0.25) is 5.02 Å². The van der Waals surface area contributed by atoms with E-state index in [1.807, 2.05) is 12.1 Å². The molecule has 2 amide bonds. The summed E-state index contributed by atoms with van der Waals surface area (Å²) >= 11 is 5.83. The molecule has 1 aromatic rings. The van der Waals surface area contributed by atoms with E-state index in [1.165, 1.54) is 0 Å². The van der Waals surface area contributed by atoms with Gasteiger partial charge >= 0.3 is 6.03 Å². The van der Waals surface area contributed by atoms with Crippen molar-refractivity contribution in [3.05, 3.63) is 28.8 Å². The van der Waals surface area contributed by atoms with Crippen LogP contribution in [0.3, 0.4) is 0 Å². The second-order valence-electron chi connectivity index (χ2n) is 3.09. The topological polar surface area (TPSA) is 32.3 Å². The summed E-state index contributed by atoms with van der Waals surface area (Å²) in [7, 11) is 1.75. The molecular weight excluding hydrogens is 188 g/mol. The number of hydrogen-bond acceptors (Lipinski definition) is 1. The number of urea groups is 1. The van der Waals surface area contributed by atoms with Crippen LogP contribution in [-0.2, 0) is 6.54 Å². The van der Waals surface area contributed by atoms with Crippen molar-refractivity contribution in [2.24, 2.45) is 0 Å². The molecule has 0 bridgehead atoms. The Kier molecular flexibility index (Phi) is 1.88. The van der Waals surface area contributed by atoms with Crippen molar-refractivity contribution >= 4 is 23.3 Å². The Balaban J connectivity index is 2.42. The normalized spacial score (nSPS) is 15.2.